The first-order valence-electron chi connectivity index (χ1n) is 11.1. The van der Waals surface area contributed by atoms with Gasteiger partial charge in [-0.3, -0.25) is 0 Å². The average molecular weight is 444 g/mol. The van der Waals surface area contributed by atoms with E-state index in [1.165, 1.54) is 0 Å². The van der Waals surface area contributed by atoms with Gasteiger partial charge in [0.25, 0.3) is 0 Å². The lowest BCUT2D eigenvalue weighted by Crippen LogP contribution is -2.45. The van der Waals surface area contributed by atoms with Gasteiger partial charge in [0.2, 0.25) is 10.0 Å². The lowest BCUT2D eigenvalue weighted by molar-refractivity contribution is -0.00527. The minimum Gasteiger partial charge on any atom is -0.383 e. The van der Waals surface area contributed by atoms with Crippen molar-refractivity contribution in [2.75, 3.05) is 36.4 Å². The number of ether oxygens (including phenoxy) is 1. The van der Waals surface area contributed by atoms with Crippen LogP contribution in [-0.4, -0.2) is 52.1 Å². The van der Waals surface area contributed by atoms with Gasteiger partial charge in [-0.1, -0.05) is 13.3 Å². The smallest absolute Gasteiger partial charge is 0.213 e. The molecule has 0 aromatic heterocycles. The molecule has 30 heavy (non-hydrogen) atoms. The normalized spacial score (nSPS) is 20.0. The maximum absolute atomic E-state index is 15.1. The quantitative estimate of drug-likeness (QED) is 0.508. The van der Waals surface area contributed by atoms with Crippen LogP contribution in [0.15, 0.2) is 12.1 Å². The Balaban J connectivity index is 1.86. The van der Waals surface area contributed by atoms with Crippen molar-refractivity contribution >= 4 is 21.4 Å². The molecule has 1 fully saturated rings. The van der Waals surface area contributed by atoms with E-state index in [9.17, 15) is 8.42 Å². The van der Waals surface area contributed by atoms with Crippen molar-refractivity contribution in [2.24, 2.45) is 0 Å². The van der Waals surface area contributed by atoms with Crippen molar-refractivity contribution in [1.82, 2.24) is 4.72 Å². The molecule has 1 aromatic carbocycles. The molecule has 1 aliphatic heterocycles. The summed E-state index contributed by atoms with van der Waals surface area (Å²) < 4.78 is 46.9. The van der Waals surface area contributed by atoms with E-state index in [4.69, 9.17) is 4.74 Å². The standard InChI is InChI=1S/C22H38FN3O3S/c1-6-19-21(26-14-17(4)29-18(5)15-26)11-10-20(22(19)23)24-12-8-7-9-13-25-30(27,28)16(2)3/h10-11,16-18,24-25H,6-9,12-15H2,1-5H3. The number of nitrogens with zero attached hydrogens (tertiary/aromatic N) is 1. The highest BCUT2D eigenvalue weighted by Gasteiger charge is 2.25. The summed E-state index contributed by atoms with van der Waals surface area (Å²) in [7, 11) is -3.19. The van der Waals surface area contributed by atoms with Gasteiger partial charge in [0.15, 0.2) is 5.82 Å². The molecule has 0 aliphatic carbocycles. The Morgan fingerprint density at radius 2 is 1.77 bits per heavy atom. The average Bonchev–Trinajstić information content (AvgIpc) is 2.67. The monoisotopic (exact) mass is 443 g/mol. The van der Waals surface area contributed by atoms with Crippen molar-refractivity contribution in [3.05, 3.63) is 23.5 Å². The molecule has 2 unspecified atom stereocenters. The van der Waals surface area contributed by atoms with Gasteiger partial charge in [-0.05, 0) is 59.1 Å². The van der Waals surface area contributed by atoms with Gasteiger partial charge in [-0.2, -0.15) is 0 Å². The summed E-state index contributed by atoms with van der Waals surface area (Å²) in [4.78, 5) is 2.22. The fraction of sp³-hybridized carbons (Fsp3) is 0.727. The summed E-state index contributed by atoms with van der Waals surface area (Å²) in [6.45, 7) is 12.0. The summed E-state index contributed by atoms with van der Waals surface area (Å²) >= 11 is 0. The summed E-state index contributed by atoms with van der Waals surface area (Å²) in [5.41, 5.74) is 2.23. The minimum atomic E-state index is -3.19. The maximum Gasteiger partial charge on any atom is 0.213 e. The largest absolute Gasteiger partial charge is 0.383 e. The Morgan fingerprint density at radius 1 is 1.13 bits per heavy atom. The third kappa shape index (κ3) is 6.82. The zero-order chi connectivity index (χ0) is 22.3. The topological polar surface area (TPSA) is 70.7 Å². The summed E-state index contributed by atoms with van der Waals surface area (Å²) in [6, 6.07) is 3.83. The first-order chi connectivity index (χ1) is 14.2. The number of halogens is 1. The fourth-order valence-electron chi connectivity index (χ4n) is 3.79. The number of benzene rings is 1. The lowest BCUT2D eigenvalue weighted by atomic mass is 10.1. The fourth-order valence-corrected chi connectivity index (χ4v) is 4.55. The molecule has 1 aliphatic rings. The van der Waals surface area contributed by atoms with Crippen LogP contribution in [-0.2, 0) is 21.2 Å². The van der Waals surface area contributed by atoms with E-state index in [1.54, 1.807) is 13.8 Å². The van der Waals surface area contributed by atoms with Gasteiger partial charge in [0.1, 0.15) is 0 Å². The SMILES string of the molecule is CCc1c(N2CC(C)OC(C)C2)ccc(NCCCCCNS(=O)(=O)C(C)C)c1F. The summed E-state index contributed by atoms with van der Waals surface area (Å²) in [5, 5.41) is 2.79. The number of morpholine rings is 1. The van der Waals surface area contributed by atoms with Crippen LogP contribution in [0.1, 0.15) is 59.4 Å². The van der Waals surface area contributed by atoms with E-state index in [-0.39, 0.29) is 18.0 Å². The minimum absolute atomic E-state index is 0.129. The van der Waals surface area contributed by atoms with Crippen LogP contribution < -0.4 is 14.9 Å². The molecule has 1 heterocycles. The molecule has 6 nitrogen and oxygen atoms in total. The number of nitrogens with one attached hydrogen (secondary N) is 2. The lowest BCUT2D eigenvalue weighted by Gasteiger charge is -2.38. The zero-order valence-corrected chi connectivity index (χ0v) is 19.8. The molecule has 0 radical (unpaired) electrons. The van der Waals surface area contributed by atoms with Crippen LogP contribution in [0.3, 0.4) is 0 Å². The van der Waals surface area contributed by atoms with Gasteiger partial charge in [0.05, 0.1) is 23.1 Å². The molecule has 1 saturated heterocycles. The van der Waals surface area contributed by atoms with E-state index in [2.05, 4.69) is 14.9 Å². The van der Waals surface area contributed by atoms with Crippen molar-refractivity contribution in [2.45, 2.75) is 77.8 Å². The van der Waals surface area contributed by atoms with E-state index in [0.717, 1.165) is 43.6 Å². The molecule has 172 valence electrons. The Hall–Kier alpha value is -1.38. The molecule has 1 aromatic rings. The van der Waals surface area contributed by atoms with Crippen LogP contribution in [0.2, 0.25) is 0 Å². The first-order valence-corrected chi connectivity index (χ1v) is 12.6. The van der Waals surface area contributed by atoms with Crippen molar-refractivity contribution in [3.63, 3.8) is 0 Å². The molecule has 0 amide bonds. The van der Waals surface area contributed by atoms with E-state index in [1.807, 2.05) is 32.9 Å². The van der Waals surface area contributed by atoms with Crippen LogP contribution in [0.25, 0.3) is 0 Å². The van der Waals surface area contributed by atoms with Gasteiger partial charge >= 0.3 is 0 Å². The predicted molar refractivity (Wildman–Crippen MR) is 122 cm³/mol. The number of anilines is 2. The third-order valence-corrected chi connectivity index (χ3v) is 7.27. The molecule has 0 bridgehead atoms. The molecular formula is C22H38FN3O3S. The summed E-state index contributed by atoms with van der Waals surface area (Å²) in [5.74, 6) is -0.175. The van der Waals surface area contributed by atoms with Crippen LogP contribution in [0.5, 0.6) is 0 Å². The Labute approximate surface area is 181 Å². The summed E-state index contributed by atoms with van der Waals surface area (Å²) in [6.07, 6.45) is 3.38. The molecule has 0 spiro atoms. The van der Waals surface area contributed by atoms with E-state index < -0.39 is 15.3 Å². The second-order valence-electron chi connectivity index (χ2n) is 8.42. The third-order valence-electron chi connectivity index (χ3n) is 5.43. The van der Waals surface area contributed by atoms with Gasteiger partial charge in [-0.15, -0.1) is 0 Å². The second kappa shape index (κ2) is 11.3. The van der Waals surface area contributed by atoms with Crippen LogP contribution in [0, 0.1) is 5.82 Å². The highest BCUT2D eigenvalue weighted by molar-refractivity contribution is 7.90. The van der Waals surface area contributed by atoms with Gasteiger partial charge in [0, 0.05) is 37.4 Å². The molecular weight excluding hydrogens is 405 g/mol. The first kappa shape index (κ1) is 24.9. The molecule has 8 heteroatoms. The van der Waals surface area contributed by atoms with Crippen LogP contribution in [0.4, 0.5) is 15.8 Å². The Bertz CT molecular complexity index is 776. The maximum atomic E-state index is 15.1. The van der Waals surface area contributed by atoms with Crippen molar-refractivity contribution in [3.8, 4) is 0 Å². The molecule has 2 N–H and O–H groups in total. The van der Waals surface area contributed by atoms with Gasteiger partial charge < -0.3 is 15.0 Å². The Kier molecular flexibility index (Phi) is 9.37. The molecule has 2 rings (SSSR count). The van der Waals surface area contributed by atoms with Crippen molar-refractivity contribution < 1.29 is 17.5 Å². The van der Waals surface area contributed by atoms with Crippen LogP contribution >= 0.6 is 0 Å². The van der Waals surface area contributed by atoms with Crippen molar-refractivity contribution in [1.29, 1.82) is 0 Å². The number of unbranched alkanes of at least 4 members (excludes halogenated alkanes) is 2. The van der Waals surface area contributed by atoms with E-state index in [0.29, 0.717) is 25.2 Å². The Morgan fingerprint density at radius 3 is 2.37 bits per heavy atom. The number of rotatable bonds is 11. The van der Waals surface area contributed by atoms with E-state index >= 15 is 4.39 Å². The molecule has 0 saturated carbocycles. The number of hydrogen-bond acceptors (Lipinski definition) is 5. The van der Waals surface area contributed by atoms with Gasteiger partial charge in [-0.25, -0.2) is 17.5 Å². The predicted octanol–water partition coefficient (Wildman–Crippen LogP) is 3.91. The number of hydrogen-bond donors (Lipinski definition) is 2. The zero-order valence-electron chi connectivity index (χ0n) is 19.0. The highest BCUT2D eigenvalue weighted by Crippen LogP contribution is 2.31. The molecule has 2 atom stereocenters. The highest BCUT2D eigenvalue weighted by atomic mass is 32.2. The number of sulfonamides is 1. The second-order valence-corrected chi connectivity index (χ2v) is 10.7.